The number of hydrogen-bond donors (Lipinski definition) is 2. The van der Waals surface area contributed by atoms with E-state index in [1.165, 1.54) is 6.20 Å². The molecule has 0 aliphatic carbocycles. The van der Waals surface area contributed by atoms with Crippen molar-refractivity contribution in [2.75, 3.05) is 5.88 Å². The molecule has 0 aromatic carbocycles. The normalized spacial score (nSPS) is 11.3. The van der Waals surface area contributed by atoms with Gasteiger partial charge in [-0.05, 0) is 11.8 Å². The molecule has 0 rings (SSSR count). The minimum absolute atomic E-state index is 0.319. The molecular formula is C4H7ClN2. The van der Waals surface area contributed by atoms with E-state index in [1.54, 1.807) is 0 Å². The molecule has 0 radical (unpaired) electrons. The number of hydrogen-bond acceptors (Lipinski definition) is 2. The molecule has 0 unspecified atom stereocenters. The molecule has 0 spiro atoms. The minimum Gasteiger partial charge on any atom is -0.404 e. The first-order valence-corrected chi connectivity index (χ1v) is 2.35. The number of nitrogens with two attached hydrogens (primary N) is 1. The van der Waals surface area contributed by atoms with Crippen molar-refractivity contribution >= 4 is 17.8 Å². The minimum atomic E-state index is 0.319. The zero-order chi connectivity index (χ0) is 5.70. The third-order valence-corrected chi connectivity index (χ3v) is 0.862. The van der Waals surface area contributed by atoms with Crippen molar-refractivity contribution in [3.05, 3.63) is 11.8 Å². The molecule has 0 aromatic heterocycles. The molecule has 3 heteroatoms. The lowest BCUT2D eigenvalue weighted by Crippen LogP contribution is -1.89. The first-order valence-electron chi connectivity index (χ1n) is 1.82. The number of nitrogens with one attached hydrogen (secondary N) is 1. The van der Waals surface area contributed by atoms with Crippen LogP contribution >= 0.6 is 11.6 Å². The van der Waals surface area contributed by atoms with Gasteiger partial charge in [-0.3, -0.25) is 0 Å². The molecule has 0 saturated carbocycles. The molecule has 0 atom stereocenters. The third kappa shape index (κ3) is 2.23. The van der Waals surface area contributed by atoms with E-state index >= 15 is 0 Å². The van der Waals surface area contributed by atoms with Gasteiger partial charge in [-0.2, -0.15) is 0 Å². The number of allylic oxidation sites excluding steroid dienone is 1. The second kappa shape index (κ2) is 3.68. The lowest BCUT2D eigenvalue weighted by molar-refractivity contribution is 1.45. The van der Waals surface area contributed by atoms with E-state index in [1.807, 2.05) is 0 Å². The fourth-order valence-corrected chi connectivity index (χ4v) is 0.297. The molecule has 0 aliphatic heterocycles. The Bertz CT molecular complexity index is 87.7. The second-order valence-electron chi connectivity index (χ2n) is 1.02. The van der Waals surface area contributed by atoms with Gasteiger partial charge >= 0.3 is 0 Å². The molecule has 0 aromatic rings. The van der Waals surface area contributed by atoms with Crippen LogP contribution in [0.25, 0.3) is 0 Å². The zero-order valence-corrected chi connectivity index (χ0v) is 4.57. The van der Waals surface area contributed by atoms with E-state index in [2.05, 4.69) is 0 Å². The van der Waals surface area contributed by atoms with Crippen LogP contribution in [0.5, 0.6) is 0 Å². The van der Waals surface area contributed by atoms with Gasteiger partial charge in [0, 0.05) is 6.21 Å². The summed E-state index contributed by atoms with van der Waals surface area (Å²) in [4.78, 5) is 0. The SMILES string of the molecule is N=C/C(=C\N)CCl. The smallest absolute Gasteiger partial charge is 0.0503 e. The topological polar surface area (TPSA) is 49.9 Å². The highest BCUT2D eigenvalue weighted by molar-refractivity contribution is 6.21. The van der Waals surface area contributed by atoms with E-state index in [9.17, 15) is 0 Å². The molecule has 0 fully saturated rings. The van der Waals surface area contributed by atoms with Crippen molar-refractivity contribution in [3.8, 4) is 0 Å². The predicted molar refractivity (Wildman–Crippen MR) is 31.8 cm³/mol. The Morgan fingerprint density at radius 3 is 2.43 bits per heavy atom. The van der Waals surface area contributed by atoms with Crippen molar-refractivity contribution in [1.29, 1.82) is 5.41 Å². The summed E-state index contributed by atoms with van der Waals surface area (Å²) in [6.07, 6.45) is 2.45. The zero-order valence-electron chi connectivity index (χ0n) is 3.82. The van der Waals surface area contributed by atoms with Gasteiger partial charge in [-0.15, -0.1) is 11.6 Å². The molecule has 40 valence electrons. The second-order valence-corrected chi connectivity index (χ2v) is 1.29. The molecular weight excluding hydrogens is 112 g/mol. The fraction of sp³-hybridized carbons (Fsp3) is 0.250. The van der Waals surface area contributed by atoms with Crippen LogP contribution in [0.4, 0.5) is 0 Å². The Hall–Kier alpha value is -0.500. The Kier molecular flexibility index (Phi) is 3.42. The van der Waals surface area contributed by atoms with Crippen LogP contribution in [-0.2, 0) is 0 Å². The summed E-state index contributed by atoms with van der Waals surface area (Å²) < 4.78 is 0. The van der Waals surface area contributed by atoms with Crippen LogP contribution in [0.15, 0.2) is 11.8 Å². The first kappa shape index (κ1) is 6.50. The van der Waals surface area contributed by atoms with Gasteiger partial charge in [-0.25, -0.2) is 0 Å². The van der Waals surface area contributed by atoms with Crippen molar-refractivity contribution in [1.82, 2.24) is 0 Å². The maximum absolute atomic E-state index is 6.60. The van der Waals surface area contributed by atoms with E-state index in [4.69, 9.17) is 22.7 Å². The predicted octanol–water partition coefficient (Wildman–Crippen LogP) is 0.717. The molecule has 0 bridgehead atoms. The van der Waals surface area contributed by atoms with Crippen molar-refractivity contribution in [3.63, 3.8) is 0 Å². The highest BCUT2D eigenvalue weighted by Gasteiger charge is 1.82. The van der Waals surface area contributed by atoms with Crippen LogP contribution in [0.1, 0.15) is 0 Å². The van der Waals surface area contributed by atoms with Crippen LogP contribution in [-0.4, -0.2) is 12.1 Å². The van der Waals surface area contributed by atoms with Gasteiger partial charge in [0.2, 0.25) is 0 Å². The van der Waals surface area contributed by atoms with Gasteiger partial charge in [0.1, 0.15) is 0 Å². The Balaban J connectivity index is 3.60. The summed E-state index contributed by atoms with van der Waals surface area (Å²) in [5.41, 5.74) is 5.64. The Morgan fingerprint density at radius 1 is 1.86 bits per heavy atom. The average Bonchev–Trinajstić information content (AvgIpc) is 1.72. The molecule has 0 saturated heterocycles. The van der Waals surface area contributed by atoms with Crippen molar-refractivity contribution < 1.29 is 0 Å². The first-order chi connectivity index (χ1) is 3.35. The summed E-state index contributed by atoms with van der Waals surface area (Å²) in [5.74, 6) is 0.319. The van der Waals surface area contributed by atoms with Gasteiger partial charge < -0.3 is 11.1 Å². The molecule has 3 N–H and O–H groups in total. The maximum atomic E-state index is 6.60. The summed E-state index contributed by atoms with van der Waals surface area (Å²) in [6, 6.07) is 0. The standard InChI is InChI=1S/C4H7ClN2/c5-1-4(2-6)3-7/h2-3,6H,1,7H2/b4-3-,6-2?. The van der Waals surface area contributed by atoms with E-state index in [-0.39, 0.29) is 0 Å². The highest BCUT2D eigenvalue weighted by atomic mass is 35.5. The van der Waals surface area contributed by atoms with E-state index in [0.717, 1.165) is 6.21 Å². The number of alkyl halides is 1. The maximum Gasteiger partial charge on any atom is 0.0503 e. The third-order valence-electron chi connectivity index (χ3n) is 0.554. The van der Waals surface area contributed by atoms with E-state index in [0.29, 0.717) is 11.5 Å². The largest absolute Gasteiger partial charge is 0.404 e. The quantitative estimate of drug-likeness (QED) is 0.407. The van der Waals surface area contributed by atoms with E-state index < -0.39 is 0 Å². The Morgan fingerprint density at radius 2 is 2.43 bits per heavy atom. The molecule has 2 nitrogen and oxygen atoms in total. The Labute approximate surface area is 47.5 Å². The van der Waals surface area contributed by atoms with Crippen LogP contribution in [0.2, 0.25) is 0 Å². The fourth-order valence-electron chi connectivity index (χ4n) is 0.131. The van der Waals surface area contributed by atoms with Gasteiger partial charge in [0.05, 0.1) is 5.88 Å². The van der Waals surface area contributed by atoms with Crippen LogP contribution in [0, 0.1) is 5.41 Å². The average molecular weight is 119 g/mol. The molecule has 7 heavy (non-hydrogen) atoms. The van der Waals surface area contributed by atoms with Crippen LogP contribution < -0.4 is 5.73 Å². The van der Waals surface area contributed by atoms with Crippen molar-refractivity contribution in [2.45, 2.75) is 0 Å². The summed E-state index contributed by atoms with van der Waals surface area (Å²) in [6.45, 7) is 0. The lowest BCUT2D eigenvalue weighted by atomic mass is 10.4. The monoisotopic (exact) mass is 118 g/mol. The lowest BCUT2D eigenvalue weighted by Gasteiger charge is -1.84. The number of halogens is 1. The van der Waals surface area contributed by atoms with Crippen LogP contribution in [0.3, 0.4) is 0 Å². The van der Waals surface area contributed by atoms with Gasteiger partial charge in [-0.1, -0.05) is 0 Å². The highest BCUT2D eigenvalue weighted by Crippen LogP contribution is 1.87. The molecule has 0 aliphatic rings. The molecule has 0 amide bonds. The summed E-state index contributed by atoms with van der Waals surface area (Å²) in [5, 5.41) is 6.60. The summed E-state index contributed by atoms with van der Waals surface area (Å²) >= 11 is 5.27. The summed E-state index contributed by atoms with van der Waals surface area (Å²) in [7, 11) is 0. The molecule has 0 heterocycles. The van der Waals surface area contributed by atoms with Gasteiger partial charge in [0.15, 0.2) is 0 Å². The van der Waals surface area contributed by atoms with Gasteiger partial charge in [0.25, 0.3) is 0 Å². The van der Waals surface area contributed by atoms with Crippen molar-refractivity contribution in [2.24, 2.45) is 5.73 Å². The number of rotatable bonds is 2.